The number of nitrogen functional groups attached to an aromatic ring is 1. The standard InChI is InChI=1S/C15H22N2O3/c1-3-20-15(18)13-10-12(6-7-14(13)16)17(8-9-19-2)11-4-5-11/h6-7,10-11H,3-5,8-9,16H2,1-2H3. The van der Waals surface area contributed by atoms with Gasteiger partial charge in [0, 0.05) is 31.1 Å². The minimum Gasteiger partial charge on any atom is -0.462 e. The smallest absolute Gasteiger partial charge is 0.340 e. The van der Waals surface area contributed by atoms with Crippen LogP contribution >= 0.6 is 0 Å². The Morgan fingerprint density at radius 3 is 2.80 bits per heavy atom. The summed E-state index contributed by atoms with van der Waals surface area (Å²) in [5.41, 5.74) is 7.76. The molecule has 2 N–H and O–H groups in total. The van der Waals surface area contributed by atoms with Gasteiger partial charge in [0.25, 0.3) is 0 Å². The van der Waals surface area contributed by atoms with E-state index in [1.807, 2.05) is 12.1 Å². The highest BCUT2D eigenvalue weighted by molar-refractivity contribution is 5.96. The number of hydrogen-bond donors (Lipinski definition) is 1. The molecular weight excluding hydrogens is 256 g/mol. The van der Waals surface area contributed by atoms with E-state index in [0.717, 1.165) is 12.2 Å². The Labute approximate surface area is 119 Å². The summed E-state index contributed by atoms with van der Waals surface area (Å²) < 4.78 is 10.2. The van der Waals surface area contributed by atoms with Gasteiger partial charge in [-0.25, -0.2) is 4.79 Å². The minimum atomic E-state index is -0.366. The lowest BCUT2D eigenvalue weighted by atomic mass is 10.1. The lowest BCUT2D eigenvalue weighted by Gasteiger charge is -2.25. The topological polar surface area (TPSA) is 64.8 Å². The Morgan fingerprint density at radius 1 is 1.45 bits per heavy atom. The molecule has 0 heterocycles. The van der Waals surface area contributed by atoms with E-state index in [9.17, 15) is 4.79 Å². The van der Waals surface area contributed by atoms with E-state index in [1.54, 1.807) is 20.1 Å². The average molecular weight is 278 g/mol. The maximum Gasteiger partial charge on any atom is 0.340 e. The van der Waals surface area contributed by atoms with Crippen LogP contribution in [0, 0.1) is 0 Å². The van der Waals surface area contributed by atoms with Crippen LogP contribution in [-0.4, -0.2) is 38.9 Å². The van der Waals surface area contributed by atoms with Crippen molar-refractivity contribution in [1.29, 1.82) is 0 Å². The quantitative estimate of drug-likeness (QED) is 0.611. The molecule has 0 spiro atoms. The summed E-state index contributed by atoms with van der Waals surface area (Å²) in [5, 5.41) is 0. The predicted octanol–water partition coefficient (Wildman–Crippen LogP) is 2.06. The van der Waals surface area contributed by atoms with Gasteiger partial charge in [-0.2, -0.15) is 0 Å². The lowest BCUT2D eigenvalue weighted by Crippen LogP contribution is -2.29. The summed E-state index contributed by atoms with van der Waals surface area (Å²) in [5.74, 6) is -0.366. The zero-order chi connectivity index (χ0) is 14.5. The molecule has 2 rings (SSSR count). The van der Waals surface area contributed by atoms with Gasteiger partial charge in [-0.1, -0.05) is 0 Å². The van der Waals surface area contributed by atoms with Crippen molar-refractivity contribution >= 4 is 17.3 Å². The minimum absolute atomic E-state index is 0.346. The largest absolute Gasteiger partial charge is 0.462 e. The molecule has 0 aliphatic heterocycles. The van der Waals surface area contributed by atoms with Gasteiger partial charge >= 0.3 is 5.97 Å². The second-order valence-electron chi connectivity index (χ2n) is 4.91. The molecule has 0 radical (unpaired) electrons. The van der Waals surface area contributed by atoms with E-state index in [2.05, 4.69) is 4.90 Å². The molecule has 0 unspecified atom stereocenters. The van der Waals surface area contributed by atoms with Crippen molar-refractivity contribution in [2.24, 2.45) is 0 Å². The highest BCUT2D eigenvalue weighted by Gasteiger charge is 2.29. The molecule has 1 aliphatic rings. The molecule has 1 saturated carbocycles. The Kier molecular flexibility index (Phi) is 4.84. The van der Waals surface area contributed by atoms with E-state index >= 15 is 0 Å². The summed E-state index contributed by atoms with van der Waals surface area (Å²) in [6.45, 7) is 3.61. The van der Waals surface area contributed by atoms with Crippen molar-refractivity contribution in [3.8, 4) is 0 Å². The third-order valence-corrected chi connectivity index (χ3v) is 3.39. The maximum atomic E-state index is 11.9. The van der Waals surface area contributed by atoms with Gasteiger partial charge in [0.15, 0.2) is 0 Å². The van der Waals surface area contributed by atoms with E-state index in [1.165, 1.54) is 12.8 Å². The molecule has 5 nitrogen and oxygen atoms in total. The molecule has 1 aromatic carbocycles. The molecule has 1 aliphatic carbocycles. The number of benzene rings is 1. The van der Waals surface area contributed by atoms with Crippen LogP contribution in [0.2, 0.25) is 0 Å². The van der Waals surface area contributed by atoms with Crippen LogP contribution in [0.25, 0.3) is 0 Å². The summed E-state index contributed by atoms with van der Waals surface area (Å²) >= 11 is 0. The van der Waals surface area contributed by atoms with Crippen LogP contribution in [0.1, 0.15) is 30.1 Å². The van der Waals surface area contributed by atoms with Crippen molar-refractivity contribution in [3.63, 3.8) is 0 Å². The Morgan fingerprint density at radius 2 is 2.20 bits per heavy atom. The number of rotatable bonds is 7. The number of ether oxygens (including phenoxy) is 2. The molecule has 0 saturated heterocycles. The molecule has 1 fully saturated rings. The van der Waals surface area contributed by atoms with Crippen molar-refractivity contribution < 1.29 is 14.3 Å². The summed E-state index contributed by atoms with van der Waals surface area (Å²) in [7, 11) is 1.69. The van der Waals surface area contributed by atoms with Crippen LogP contribution in [0.5, 0.6) is 0 Å². The fourth-order valence-electron chi connectivity index (χ4n) is 2.21. The average Bonchev–Trinajstić information content (AvgIpc) is 3.25. The fourth-order valence-corrected chi connectivity index (χ4v) is 2.21. The van der Waals surface area contributed by atoms with Gasteiger partial charge in [0.2, 0.25) is 0 Å². The highest BCUT2D eigenvalue weighted by atomic mass is 16.5. The first-order chi connectivity index (χ1) is 9.67. The third-order valence-electron chi connectivity index (χ3n) is 3.39. The van der Waals surface area contributed by atoms with E-state index in [-0.39, 0.29) is 5.97 Å². The van der Waals surface area contributed by atoms with Gasteiger partial charge in [0.05, 0.1) is 18.8 Å². The monoisotopic (exact) mass is 278 g/mol. The van der Waals surface area contributed by atoms with Gasteiger partial charge in [-0.15, -0.1) is 0 Å². The molecular formula is C15H22N2O3. The van der Waals surface area contributed by atoms with Crippen molar-refractivity contribution in [2.75, 3.05) is 37.5 Å². The van der Waals surface area contributed by atoms with Crippen molar-refractivity contribution in [2.45, 2.75) is 25.8 Å². The predicted molar refractivity (Wildman–Crippen MR) is 79.1 cm³/mol. The first-order valence-electron chi connectivity index (χ1n) is 6.99. The molecule has 5 heteroatoms. The van der Waals surface area contributed by atoms with Crippen LogP contribution in [0.4, 0.5) is 11.4 Å². The fraction of sp³-hybridized carbons (Fsp3) is 0.533. The van der Waals surface area contributed by atoms with E-state index in [0.29, 0.717) is 30.5 Å². The zero-order valence-corrected chi connectivity index (χ0v) is 12.1. The molecule has 0 atom stereocenters. The Balaban J connectivity index is 2.21. The number of carbonyl (C=O) groups excluding carboxylic acids is 1. The second kappa shape index (κ2) is 6.61. The Hall–Kier alpha value is -1.75. The highest BCUT2D eigenvalue weighted by Crippen LogP contribution is 2.33. The molecule has 20 heavy (non-hydrogen) atoms. The Bertz CT molecular complexity index is 472. The number of anilines is 2. The van der Waals surface area contributed by atoms with Gasteiger partial charge < -0.3 is 20.1 Å². The van der Waals surface area contributed by atoms with Crippen LogP contribution in [0.15, 0.2) is 18.2 Å². The van der Waals surface area contributed by atoms with E-state index in [4.69, 9.17) is 15.2 Å². The number of carbonyl (C=O) groups is 1. The lowest BCUT2D eigenvalue weighted by molar-refractivity contribution is 0.0527. The van der Waals surface area contributed by atoms with Crippen molar-refractivity contribution in [1.82, 2.24) is 0 Å². The molecule has 0 amide bonds. The summed E-state index contributed by atoms with van der Waals surface area (Å²) in [6.07, 6.45) is 2.37. The van der Waals surface area contributed by atoms with Gasteiger partial charge in [-0.05, 0) is 38.0 Å². The summed E-state index contributed by atoms with van der Waals surface area (Å²) in [6, 6.07) is 6.08. The first kappa shape index (κ1) is 14.7. The third kappa shape index (κ3) is 3.42. The number of methoxy groups -OCH3 is 1. The number of nitrogens with zero attached hydrogens (tertiary/aromatic N) is 1. The van der Waals surface area contributed by atoms with Gasteiger partial charge in [-0.3, -0.25) is 0 Å². The van der Waals surface area contributed by atoms with Crippen molar-refractivity contribution in [3.05, 3.63) is 23.8 Å². The van der Waals surface area contributed by atoms with Crippen LogP contribution < -0.4 is 10.6 Å². The number of esters is 1. The van der Waals surface area contributed by atoms with E-state index < -0.39 is 0 Å². The van der Waals surface area contributed by atoms with Crippen LogP contribution in [-0.2, 0) is 9.47 Å². The normalized spacial score (nSPS) is 14.1. The molecule has 1 aromatic rings. The molecule has 110 valence electrons. The van der Waals surface area contributed by atoms with Gasteiger partial charge in [0.1, 0.15) is 0 Å². The molecule has 0 aromatic heterocycles. The second-order valence-corrected chi connectivity index (χ2v) is 4.91. The van der Waals surface area contributed by atoms with Crippen LogP contribution in [0.3, 0.4) is 0 Å². The number of nitrogens with two attached hydrogens (primary N) is 1. The molecule has 0 bridgehead atoms. The first-order valence-corrected chi connectivity index (χ1v) is 6.99. The maximum absolute atomic E-state index is 11.9. The SMILES string of the molecule is CCOC(=O)c1cc(N(CCOC)C2CC2)ccc1N. The summed E-state index contributed by atoms with van der Waals surface area (Å²) in [4.78, 5) is 14.2. The zero-order valence-electron chi connectivity index (χ0n) is 12.1. The number of hydrogen-bond acceptors (Lipinski definition) is 5.